The van der Waals surface area contributed by atoms with Crippen molar-refractivity contribution in [3.8, 4) is 0 Å². The van der Waals surface area contributed by atoms with Crippen molar-refractivity contribution >= 4 is 0 Å². The molecule has 0 heterocycles. The van der Waals surface area contributed by atoms with Crippen molar-refractivity contribution < 1.29 is 4.74 Å². The topological polar surface area (TPSA) is 9.23 Å². The molecule has 5 unspecified atom stereocenters. The predicted octanol–water partition coefficient (Wildman–Crippen LogP) is 4.51. The van der Waals surface area contributed by atoms with Crippen LogP contribution in [-0.2, 0) is 4.74 Å². The highest BCUT2D eigenvalue weighted by atomic mass is 16.5. The van der Waals surface area contributed by atoms with Crippen LogP contribution in [0.5, 0.6) is 0 Å². The van der Waals surface area contributed by atoms with Gasteiger partial charge in [0.05, 0.1) is 6.61 Å². The van der Waals surface area contributed by atoms with Crippen molar-refractivity contribution in [3.05, 3.63) is 0 Å². The fraction of sp³-hybridized carbons (Fsp3) is 1.00. The lowest BCUT2D eigenvalue weighted by Gasteiger charge is -2.56. The van der Waals surface area contributed by atoms with Crippen LogP contribution < -0.4 is 0 Å². The molecule has 0 N–H and O–H groups in total. The van der Waals surface area contributed by atoms with Crippen molar-refractivity contribution in [1.29, 1.82) is 0 Å². The highest BCUT2D eigenvalue weighted by molar-refractivity contribution is 5.00. The molecule has 1 nitrogen and oxygen atoms in total. The second-order valence-electron chi connectivity index (χ2n) is 6.81. The molecule has 2 saturated carbocycles. The van der Waals surface area contributed by atoms with E-state index in [9.17, 15) is 0 Å². The van der Waals surface area contributed by atoms with E-state index in [0.717, 1.165) is 30.3 Å². The molecule has 0 amide bonds. The first-order chi connectivity index (χ1) is 8.14. The summed E-state index contributed by atoms with van der Waals surface area (Å²) in [4.78, 5) is 0. The average Bonchev–Trinajstić information content (AvgIpc) is 2.31. The fourth-order valence-electron chi connectivity index (χ4n) is 5.06. The number of rotatable bonds is 3. The lowest BCUT2D eigenvalue weighted by atomic mass is 9.50. The van der Waals surface area contributed by atoms with Crippen molar-refractivity contribution in [3.63, 3.8) is 0 Å². The summed E-state index contributed by atoms with van der Waals surface area (Å²) in [6.45, 7) is 8.31. The Hall–Kier alpha value is -0.0400. The van der Waals surface area contributed by atoms with Gasteiger partial charge in [0, 0.05) is 7.11 Å². The van der Waals surface area contributed by atoms with Crippen LogP contribution in [0.15, 0.2) is 0 Å². The van der Waals surface area contributed by atoms with E-state index in [1.165, 1.54) is 38.5 Å². The van der Waals surface area contributed by atoms with E-state index in [1.54, 1.807) is 0 Å². The molecule has 2 fully saturated rings. The van der Waals surface area contributed by atoms with Gasteiger partial charge < -0.3 is 4.74 Å². The minimum absolute atomic E-state index is 0.522. The molecule has 0 radical (unpaired) electrons. The van der Waals surface area contributed by atoms with E-state index in [4.69, 9.17) is 4.74 Å². The molecule has 0 aromatic heterocycles. The van der Waals surface area contributed by atoms with E-state index < -0.39 is 0 Å². The minimum Gasteiger partial charge on any atom is -0.384 e. The standard InChI is InChI=1S/C16H30O/c1-5-15-13(3)6-7-14-10-12(2)8-9-16(14,15)11-17-4/h12-15H,5-11H2,1-4H3. The highest BCUT2D eigenvalue weighted by Crippen LogP contribution is 2.57. The summed E-state index contributed by atoms with van der Waals surface area (Å²) < 4.78 is 5.66. The number of fused-ring (bicyclic) bond motifs is 1. The summed E-state index contributed by atoms with van der Waals surface area (Å²) in [7, 11) is 1.90. The lowest BCUT2D eigenvalue weighted by molar-refractivity contribution is -0.102. The van der Waals surface area contributed by atoms with E-state index in [-0.39, 0.29) is 0 Å². The van der Waals surface area contributed by atoms with Crippen molar-refractivity contribution in [1.82, 2.24) is 0 Å². The fourth-order valence-corrected chi connectivity index (χ4v) is 5.06. The Kier molecular flexibility index (Phi) is 4.18. The third kappa shape index (κ3) is 2.28. The van der Waals surface area contributed by atoms with Gasteiger partial charge in [0.15, 0.2) is 0 Å². The third-order valence-electron chi connectivity index (χ3n) is 5.85. The van der Waals surface area contributed by atoms with E-state index >= 15 is 0 Å². The van der Waals surface area contributed by atoms with Gasteiger partial charge in [-0.3, -0.25) is 0 Å². The van der Waals surface area contributed by atoms with Crippen molar-refractivity contribution in [2.24, 2.45) is 29.1 Å². The largest absolute Gasteiger partial charge is 0.384 e. The minimum atomic E-state index is 0.522. The molecule has 2 aliphatic carbocycles. The van der Waals surface area contributed by atoms with Gasteiger partial charge in [0.25, 0.3) is 0 Å². The predicted molar refractivity (Wildman–Crippen MR) is 73.0 cm³/mol. The normalized spacial score (nSPS) is 46.6. The molecule has 0 bridgehead atoms. The summed E-state index contributed by atoms with van der Waals surface area (Å²) >= 11 is 0. The molecule has 0 spiro atoms. The van der Waals surface area contributed by atoms with Crippen molar-refractivity contribution in [2.45, 2.75) is 59.3 Å². The Balaban J connectivity index is 2.24. The summed E-state index contributed by atoms with van der Waals surface area (Å²) in [6, 6.07) is 0. The summed E-state index contributed by atoms with van der Waals surface area (Å²) in [5.41, 5.74) is 0.522. The molecule has 0 aromatic carbocycles. The van der Waals surface area contributed by atoms with Crippen molar-refractivity contribution in [2.75, 3.05) is 13.7 Å². The SMILES string of the molecule is CCC1C(C)CCC2CC(C)CCC21COC. The molecule has 17 heavy (non-hydrogen) atoms. The zero-order valence-electron chi connectivity index (χ0n) is 12.2. The Morgan fingerprint density at radius 1 is 1.18 bits per heavy atom. The zero-order valence-corrected chi connectivity index (χ0v) is 12.2. The number of methoxy groups -OCH3 is 1. The first-order valence-corrected chi connectivity index (χ1v) is 7.63. The zero-order chi connectivity index (χ0) is 12.5. The van der Waals surface area contributed by atoms with Crippen LogP contribution in [0.1, 0.15) is 59.3 Å². The number of ether oxygens (including phenoxy) is 1. The van der Waals surface area contributed by atoms with Gasteiger partial charge in [-0.15, -0.1) is 0 Å². The lowest BCUT2D eigenvalue weighted by Crippen LogP contribution is -2.50. The molecule has 2 aliphatic rings. The van der Waals surface area contributed by atoms with Crippen LogP contribution in [0.25, 0.3) is 0 Å². The van der Waals surface area contributed by atoms with Gasteiger partial charge in [0.2, 0.25) is 0 Å². The summed E-state index contributed by atoms with van der Waals surface area (Å²) in [6.07, 6.45) is 8.52. The van der Waals surface area contributed by atoms with Crippen LogP contribution in [0.2, 0.25) is 0 Å². The average molecular weight is 238 g/mol. The number of hydrogen-bond acceptors (Lipinski definition) is 1. The molecule has 2 rings (SSSR count). The Bertz CT molecular complexity index is 250. The van der Waals surface area contributed by atoms with Crippen LogP contribution >= 0.6 is 0 Å². The van der Waals surface area contributed by atoms with Gasteiger partial charge in [0.1, 0.15) is 0 Å². The second kappa shape index (κ2) is 5.30. The molecule has 100 valence electrons. The Morgan fingerprint density at radius 2 is 1.94 bits per heavy atom. The molecule has 0 saturated heterocycles. The van der Waals surface area contributed by atoms with Crippen LogP contribution in [0.3, 0.4) is 0 Å². The van der Waals surface area contributed by atoms with E-state index in [0.29, 0.717) is 5.41 Å². The second-order valence-corrected chi connectivity index (χ2v) is 6.81. The number of hydrogen-bond donors (Lipinski definition) is 0. The monoisotopic (exact) mass is 238 g/mol. The van der Waals surface area contributed by atoms with Gasteiger partial charge in [-0.1, -0.05) is 40.0 Å². The highest BCUT2D eigenvalue weighted by Gasteiger charge is 2.51. The maximum Gasteiger partial charge on any atom is 0.0524 e. The van der Waals surface area contributed by atoms with Gasteiger partial charge in [-0.2, -0.15) is 0 Å². The van der Waals surface area contributed by atoms with Crippen LogP contribution in [0.4, 0.5) is 0 Å². The van der Waals surface area contributed by atoms with E-state index in [2.05, 4.69) is 20.8 Å². The smallest absolute Gasteiger partial charge is 0.0524 e. The molecule has 5 atom stereocenters. The molecular weight excluding hydrogens is 208 g/mol. The maximum absolute atomic E-state index is 5.66. The molecular formula is C16H30O. The molecule has 0 aliphatic heterocycles. The molecule has 1 heteroatoms. The maximum atomic E-state index is 5.66. The summed E-state index contributed by atoms with van der Waals surface area (Å²) in [5.74, 6) is 3.68. The summed E-state index contributed by atoms with van der Waals surface area (Å²) in [5, 5.41) is 0. The quantitative estimate of drug-likeness (QED) is 0.703. The van der Waals surface area contributed by atoms with E-state index in [1.807, 2.05) is 7.11 Å². The third-order valence-corrected chi connectivity index (χ3v) is 5.85. The first kappa shape index (κ1) is 13.4. The van der Waals surface area contributed by atoms with Gasteiger partial charge >= 0.3 is 0 Å². The van der Waals surface area contributed by atoms with Gasteiger partial charge in [-0.25, -0.2) is 0 Å². The van der Waals surface area contributed by atoms with Crippen LogP contribution in [0, 0.1) is 29.1 Å². The Morgan fingerprint density at radius 3 is 2.59 bits per heavy atom. The molecule has 0 aromatic rings. The Labute approximate surface area is 107 Å². The first-order valence-electron chi connectivity index (χ1n) is 7.63. The van der Waals surface area contributed by atoms with Gasteiger partial charge in [-0.05, 0) is 48.3 Å². The van der Waals surface area contributed by atoms with Crippen LogP contribution in [-0.4, -0.2) is 13.7 Å².